The summed E-state index contributed by atoms with van der Waals surface area (Å²) >= 11 is 0. The smallest absolute Gasteiger partial charge is 0.244 e. The highest BCUT2D eigenvalue weighted by Crippen LogP contribution is 2.18. The molecule has 0 radical (unpaired) electrons. The van der Waals surface area contributed by atoms with E-state index in [1.807, 2.05) is 18.5 Å². The van der Waals surface area contributed by atoms with Crippen molar-refractivity contribution in [1.82, 2.24) is 14.2 Å². The van der Waals surface area contributed by atoms with Gasteiger partial charge in [0.15, 0.2) is 0 Å². The van der Waals surface area contributed by atoms with Crippen LogP contribution in [0.25, 0.3) is 0 Å². The normalized spacial score (nSPS) is 12.1. The predicted molar refractivity (Wildman–Crippen MR) is 82.0 cm³/mol. The minimum absolute atomic E-state index is 0.331. The first-order valence-electron chi connectivity index (χ1n) is 6.75. The van der Waals surface area contributed by atoms with E-state index in [9.17, 15) is 8.42 Å². The van der Waals surface area contributed by atoms with Gasteiger partial charge >= 0.3 is 0 Å². The molecular weight excluding hydrogens is 274 g/mol. The van der Waals surface area contributed by atoms with Crippen LogP contribution in [0.2, 0.25) is 0 Å². The quantitative estimate of drug-likeness (QED) is 0.587. The molecule has 0 atom stereocenters. The molecule has 0 fully saturated rings. The van der Waals surface area contributed by atoms with Gasteiger partial charge in [-0.2, -0.15) is 4.31 Å². The van der Waals surface area contributed by atoms with Crippen LogP contribution in [-0.2, 0) is 23.6 Å². The lowest BCUT2D eigenvalue weighted by molar-refractivity contribution is 0.493. The van der Waals surface area contributed by atoms with Crippen molar-refractivity contribution in [3.63, 3.8) is 0 Å². The summed E-state index contributed by atoms with van der Waals surface area (Å²) in [4.78, 5) is 0.331. The molecular formula is C14H25N3O2S. The van der Waals surface area contributed by atoms with Crippen molar-refractivity contribution in [2.24, 2.45) is 7.05 Å². The number of likely N-dealkylation sites (N-methyl/N-ethyl adjacent to an activating group) is 1. The second kappa shape index (κ2) is 7.06. The Hall–Kier alpha value is -1.11. The van der Waals surface area contributed by atoms with Crippen molar-refractivity contribution in [2.45, 2.75) is 31.7 Å². The van der Waals surface area contributed by atoms with Gasteiger partial charge in [0.25, 0.3) is 0 Å². The zero-order valence-electron chi connectivity index (χ0n) is 12.8. The standard InChI is InChI=1S/C14H25N3O2S/c1-6-7-15-9-13-8-14(11-16(13)4)20(18,19)17(5)10-12(2)3/h8,11,15H,2,6-7,9-10H2,1,3-5H3. The number of nitrogens with one attached hydrogen (secondary N) is 1. The summed E-state index contributed by atoms with van der Waals surface area (Å²) in [6.07, 6.45) is 2.71. The molecule has 0 saturated carbocycles. The molecule has 20 heavy (non-hydrogen) atoms. The number of aryl methyl sites for hydroxylation is 1. The Morgan fingerprint density at radius 2 is 2.15 bits per heavy atom. The maximum absolute atomic E-state index is 12.4. The third kappa shape index (κ3) is 4.19. The number of rotatable bonds is 8. The van der Waals surface area contributed by atoms with Crippen molar-refractivity contribution in [3.8, 4) is 0 Å². The van der Waals surface area contributed by atoms with Crippen LogP contribution in [0.5, 0.6) is 0 Å². The summed E-state index contributed by atoms with van der Waals surface area (Å²) in [6, 6.07) is 1.73. The van der Waals surface area contributed by atoms with E-state index in [2.05, 4.69) is 18.8 Å². The molecule has 0 bridgehead atoms. The van der Waals surface area contributed by atoms with Gasteiger partial charge in [-0.3, -0.25) is 0 Å². The van der Waals surface area contributed by atoms with E-state index >= 15 is 0 Å². The molecule has 1 heterocycles. The molecule has 1 rings (SSSR count). The molecule has 6 heteroatoms. The third-order valence-corrected chi connectivity index (χ3v) is 4.79. The Labute approximate surface area is 122 Å². The summed E-state index contributed by atoms with van der Waals surface area (Å²) < 4.78 is 28.0. The second-order valence-electron chi connectivity index (χ2n) is 5.17. The lowest BCUT2D eigenvalue weighted by Gasteiger charge is -2.15. The molecule has 1 N–H and O–H groups in total. The molecule has 114 valence electrons. The molecule has 0 unspecified atom stereocenters. The fourth-order valence-corrected chi connectivity index (χ4v) is 3.26. The van der Waals surface area contributed by atoms with E-state index in [-0.39, 0.29) is 0 Å². The summed E-state index contributed by atoms with van der Waals surface area (Å²) in [5, 5.41) is 3.28. The van der Waals surface area contributed by atoms with E-state index in [1.54, 1.807) is 19.3 Å². The summed E-state index contributed by atoms with van der Waals surface area (Å²) in [5.74, 6) is 0. The van der Waals surface area contributed by atoms with Crippen LogP contribution in [0.15, 0.2) is 29.3 Å². The first-order valence-corrected chi connectivity index (χ1v) is 8.19. The third-order valence-electron chi connectivity index (χ3n) is 3.02. The number of sulfonamides is 1. The Kier molecular flexibility index (Phi) is 5.98. The summed E-state index contributed by atoms with van der Waals surface area (Å²) in [6.45, 7) is 9.59. The van der Waals surface area contributed by atoms with Gasteiger partial charge in [0, 0.05) is 39.1 Å². The first-order chi connectivity index (χ1) is 9.28. The Bertz CT molecular complexity index is 561. The zero-order chi connectivity index (χ0) is 15.3. The molecule has 0 amide bonds. The Balaban J connectivity index is 2.91. The minimum Gasteiger partial charge on any atom is -0.352 e. The average Bonchev–Trinajstić information content (AvgIpc) is 2.71. The first kappa shape index (κ1) is 16.9. The van der Waals surface area contributed by atoms with Crippen molar-refractivity contribution in [3.05, 3.63) is 30.1 Å². The number of hydrogen-bond acceptors (Lipinski definition) is 3. The van der Waals surface area contributed by atoms with E-state index in [0.717, 1.165) is 24.2 Å². The SMILES string of the molecule is C=C(C)CN(C)S(=O)(=O)c1cc(CNCCC)n(C)c1. The summed E-state index contributed by atoms with van der Waals surface area (Å²) in [5.41, 5.74) is 1.78. The minimum atomic E-state index is -3.44. The highest BCUT2D eigenvalue weighted by molar-refractivity contribution is 7.89. The fourth-order valence-electron chi connectivity index (χ4n) is 1.93. The monoisotopic (exact) mass is 299 g/mol. The topological polar surface area (TPSA) is 54.3 Å². The number of hydrogen-bond donors (Lipinski definition) is 1. The predicted octanol–water partition coefficient (Wildman–Crippen LogP) is 1.72. The van der Waals surface area contributed by atoms with Crippen molar-refractivity contribution in [2.75, 3.05) is 20.1 Å². The maximum Gasteiger partial charge on any atom is 0.244 e. The molecule has 0 aliphatic carbocycles. The van der Waals surface area contributed by atoms with Crippen LogP contribution in [0.1, 0.15) is 26.0 Å². The molecule has 5 nitrogen and oxygen atoms in total. The van der Waals surface area contributed by atoms with Crippen LogP contribution < -0.4 is 5.32 Å². The molecule has 1 aromatic rings. The second-order valence-corrected chi connectivity index (χ2v) is 7.22. The van der Waals surface area contributed by atoms with Gasteiger partial charge in [-0.25, -0.2) is 8.42 Å². The van der Waals surface area contributed by atoms with Gasteiger partial charge in [-0.15, -0.1) is 0 Å². The van der Waals surface area contributed by atoms with Crippen molar-refractivity contribution in [1.29, 1.82) is 0 Å². The lowest BCUT2D eigenvalue weighted by Crippen LogP contribution is -2.28. The largest absolute Gasteiger partial charge is 0.352 e. The molecule has 0 saturated heterocycles. The van der Waals surface area contributed by atoms with Gasteiger partial charge < -0.3 is 9.88 Å². The van der Waals surface area contributed by atoms with Crippen LogP contribution in [0.3, 0.4) is 0 Å². The Morgan fingerprint density at radius 3 is 2.70 bits per heavy atom. The van der Waals surface area contributed by atoms with Gasteiger partial charge in [-0.05, 0) is 26.0 Å². The molecule has 0 aliphatic heterocycles. The Morgan fingerprint density at radius 1 is 1.50 bits per heavy atom. The van der Waals surface area contributed by atoms with Crippen LogP contribution >= 0.6 is 0 Å². The molecule has 0 spiro atoms. The highest BCUT2D eigenvalue weighted by atomic mass is 32.2. The number of nitrogens with zero attached hydrogens (tertiary/aromatic N) is 2. The van der Waals surface area contributed by atoms with Crippen molar-refractivity contribution >= 4 is 10.0 Å². The molecule has 1 aromatic heterocycles. The van der Waals surface area contributed by atoms with Gasteiger partial charge in [0.2, 0.25) is 10.0 Å². The number of aromatic nitrogens is 1. The maximum atomic E-state index is 12.4. The lowest BCUT2D eigenvalue weighted by atomic mass is 10.4. The van der Waals surface area contributed by atoms with E-state index < -0.39 is 10.0 Å². The zero-order valence-corrected chi connectivity index (χ0v) is 13.6. The fraction of sp³-hybridized carbons (Fsp3) is 0.571. The van der Waals surface area contributed by atoms with Crippen LogP contribution in [-0.4, -0.2) is 37.4 Å². The highest BCUT2D eigenvalue weighted by Gasteiger charge is 2.22. The van der Waals surface area contributed by atoms with Gasteiger partial charge in [-0.1, -0.05) is 19.1 Å². The van der Waals surface area contributed by atoms with Gasteiger partial charge in [0.1, 0.15) is 4.90 Å². The average molecular weight is 299 g/mol. The van der Waals surface area contributed by atoms with Crippen LogP contribution in [0, 0.1) is 0 Å². The molecule has 0 aromatic carbocycles. The van der Waals surface area contributed by atoms with Crippen LogP contribution in [0.4, 0.5) is 0 Å². The van der Waals surface area contributed by atoms with Crippen molar-refractivity contribution < 1.29 is 8.42 Å². The summed E-state index contributed by atoms with van der Waals surface area (Å²) in [7, 11) is -0.00517. The van der Waals surface area contributed by atoms with E-state index in [1.165, 1.54) is 4.31 Å². The van der Waals surface area contributed by atoms with E-state index in [0.29, 0.717) is 18.0 Å². The van der Waals surface area contributed by atoms with Gasteiger partial charge in [0.05, 0.1) is 0 Å². The molecule has 0 aliphatic rings. The van der Waals surface area contributed by atoms with E-state index in [4.69, 9.17) is 0 Å².